The summed E-state index contributed by atoms with van der Waals surface area (Å²) in [5.74, 6) is -3.27. The maximum atomic E-state index is 12.9. The van der Waals surface area contributed by atoms with Gasteiger partial charge in [0.05, 0.1) is 6.54 Å². The van der Waals surface area contributed by atoms with E-state index in [4.69, 9.17) is 5.73 Å². The molecule has 3 amide bonds. The molecule has 0 radical (unpaired) electrons. The Bertz CT molecular complexity index is 569. The van der Waals surface area contributed by atoms with Gasteiger partial charge in [0.25, 0.3) is 0 Å². The minimum Gasteiger partial charge on any atom is -0.480 e. The van der Waals surface area contributed by atoms with Crippen molar-refractivity contribution in [3.05, 3.63) is 0 Å². The smallest absolute Gasteiger partial charge is 0.326 e. The average Bonchev–Trinajstić information content (AvgIpc) is 2.71. The quantitative estimate of drug-likeness (QED) is 0.298. The topological polar surface area (TPSA) is 151 Å². The number of hydrogen-bond donors (Lipinski definition) is 5. The molecule has 0 aromatic carbocycles. The minimum atomic E-state index is -1.12. The normalized spacial score (nSPS) is 17.2. The van der Waals surface area contributed by atoms with Gasteiger partial charge in [0.2, 0.25) is 17.7 Å². The third kappa shape index (κ3) is 8.39. The molecule has 0 spiro atoms. The molecule has 6 N–H and O–H groups in total. The van der Waals surface area contributed by atoms with Gasteiger partial charge in [-0.15, -0.1) is 0 Å². The average molecular weight is 415 g/mol. The number of carbonyl (C=O) groups is 4. The van der Waals surface area contributed by atoms with Gasteiger partial charge in [0, 0.05) is 0 Å². The van der Waals surface area contributed by atoms with E-state index in [1.165, 1.54) is 0 Å². The number of hydrogen-bond acceptors (Lipinski definition) is 5. The first kappa shape index (κ1) is 26.8. The van der Waals surface area contributed by atoms with Crippen molar-refractivity contribution in [3.63, 3.8) is 0 Å². The summed E-state index contributed by atoms with van der Waals surface area (Å²) in [6.45, 7) is 10.7. The van der Waals surface area contributed by atoms with E-state index in [0.717, 1.165) is 0 Å². The Morgan fingerprint density at radius 1 is 0.724 bits per heavy atom. The number of carboxylic acid groups (broad SMARTS) is 1. The van der Waals surface area contributed by atoms with Crippen LogP contribution in [0.1, 0.15) is 60.8 Å². The van der Waals surface area contributed by atoms with E-state index in [1.807, 2.05) is 27.7 Å². The lowest BCUT2D eigenvalue weighted by Crippen LogP contribution is -2.59. The molecule has 0 aromatic heterocycles. The van der Waals surface area contributed by atoms with Crippen LogP contribution < -0.4 is 21.7 Å². The highest BCUT2D eigenvalue weighted by Crippen LogP contribution is 2.14. The zero-order chi connectivity index (χ0) is 22.7. The molecule has 0 bridgehead atoms. The molecule has 29 heavy (non-hydrogen) atoms. The highest BCUT2D eigenvalue weighted by Gasteiger charge is 2.34. The Kier molecular flexibility index (Phi) is 12.2. The van der Waals surface area contributed by atoms with Crippen LogP contribution in [-0.2, 0) is 19.2 Å². The Hall–Kier alpha value is -2.16. The summed E-state index contributed by atoms with van der Waals surface area (Å²) >= 11 is 0. The van der Waals surface area contributed by atoms with E-state index >= 15 is 0 Å². The molecule has 0 fully saturated rings. The molecule has 0 aliphatic rings. The van der Waals surface area contributed by atoms with E-state index in [2.05, 4.69) is 16.0 Å². The van der Waals surface area contributed by atoms with Crippen molar-refractivity contribution in [2.45, 2.75) is 78.9 Å². The first-order chi connectivity index (χ1) is 13.5. The SMILES string of the molecule is CCC(C)C(NC(=O)C(NC(=O)C(NC(=O)CN)C(C)CC)C(C)CC)C(=O)O. The van der Waals surface area contributed by atoms with Crippen LogP contribution in [0, 0.1) is 17.8 Å². The Morgan fingerprint density at radius 2 is 1.07 bits per heavy atom. The van der Waals surface area contributed by atoms with Gasteiger partial charge < -0.3 is 26.8 Å². The summed E-state index contributed by atoms with van der Waals surface area (Å²) < 4.78 is 0. The van der Waals surface area contributed by atoms with E-state index in [9.17, 15) is 24.3 Å². The van der Waals surface area contributed by atoms with Crippen molar-refractivity contribution in [2.75, 3.05) is 6.54 Å². The number of carboxylic acids is 1. The van der Waals surface area contributed by atoms with Crippen LogP contribution in [0.3, 0.4) is 0 Å². The van der Waals surface area contributed by atoms with Crippen molar-refractivity contribution >= 4 is 23.7 Å². The van der Waals surface area contributed by atoms with E-state index in [-0.39, 0.29) is 24.3 Å². The highest BCUT2D eigenvalue weighted by atomic mass is 16.4. The van der Waals surface area contributed by atoms with E-state index in [1.54, 1.807) is 13.8 Å². The minimum absolute atomic E-state index is 0.168. The van der Waals surface area contributed by atoms with Crippen molar-refractivity contribution in [1.82, 2.24) is 16.0 Å². The Morgan fingerprint density at radius 3 is 1.41 bits per heavy atom. The molecule has 0 aromatic rings. The van der Waals surface area contributed by atoms with Crippen LogP contribution in [0.5, 0.6) is 0 Å². The van der Waals surface area contributed by atoms with Crippen LogP contribution >= 0.6 is 0 Å². The standard InChI is InChI=1S/C20H38N4O5/c1-7-11(4)15(22-14(25)10-21)18(26)23-16(12(5)8-2)19(27)24-17(20(28)29)13(6)9-3/h11-13,15-17H,7-10,21H2,1-6H3,(H,22,25)(H,23,26)(H,24,27)(H,28,29). The van der Waals surface area contributed by atoms with Gasteiger partial charge in [-0.05, 0) is 17.8 Å². The second-order valence-electron chi connectivity index (χ2n) is 7.72. The molecule has 0 saturated heterocycles. The van der Waals surface area contributed by atoms with Gasteiger partial charge in [-0.3, -0.25) is 14.4 Å². The third-order valence-corrected chi connectivity index (χ3v) is 5.57. The molecule has 0 rings (SSSR count). The van der Waals surface area contributed by atoms with Gasteiger partial charge >= 0.3 is 5.97 Å². The lowest BCUT2D eigenvalue weighted by molar-refractivity contribution is -0.144. The molecule has 9 nitrogen and oxygen atoms in total. The third-order valence-electron chi connectivity index (χ3n) is 5.57. The Labute approximate surface area is 173 Å². The first-order valence-corrected chi connectivity index (χ1v) is 10.4. The van der Waals surface area contributed by atoms with Crippen LogP contribution in [0.15, 0.2) is 0 Å². The van der Waals surface area contributed by atoms with Gasteiger partial charge in [0.15, 0.2) is 0 Å². The van der Waals surface area contributed by atoms with Crippen molar-refractivity contribution < 1.29 is 24.3 Å². The predicted molar refractivity (Wildman–Crippen MR) is 111 cm³/mol. The molecule has 6 unspecified atom stereocenters. The number of aliphatic carboxylic acids is 1. The van der Waals surface area contributed by atoms with Crippen molar-refractivity contribution in [3.8, 4) is 0 Å². The second-order valence-corrected chi connectivity index (χ2v) is 7.72. The Balaban J connectivity index is 5.54. The number of rotatable bonds is 13. The molecule has 6 atom stereocenters. The van der Waals surface area contributed by atoms with Gasteiger partial charge in [-0.2, -0.15) is 0 Å². The number of carbonyl (C=O) groups excluding carboxylic acids is 3. The fraction of sp³-hybridized carbons (Fsp3) is 0.800. The molecule has 0 aliphatic heterocycles. The lowest BCUT2D eigenvalue weighted by Gasteiger charge is -2.30. The highest BCUT2D eigenvalue weighted by molar-refractivity contribution is 5.93. The molecular formula is C20H38N4O5. The maximum absolute atomic E-state index is 12.9. The van der Waals surface area contributed by atoms with Crippen molar-refractivity contribution in [2.24, 2.45) is 23.5 Å². The van der Waals surface area contributed by atoms with Gasteiger partial charge in [-0.1, -0.05) is 60.8 Å². The van der Waals surface area contributed by atoms with Crippen LogP contribution in [0.2, 0.25) is 0 Å². The molecular weight excluding hydrogens is 376 g/mol. The fourth-order valence-corrected chi connectivity index (χ4v) is 2.81. The van der Waals surface area contributed by atoms with Crippen LogP contribution in [-0.4, -0.2) is 53.5 Å². The summed E-state index contributed by atoms with van der Waals surface area (Å²) in [7, 11) is 0. The molecule has 168 valence electrons. The summed E-state index contributed by atoms with van der Waals surface area (Å²) in [6, 6.07) is -2.79. The molecule has 0 saturated carbocycles. The zero-order valence-corrected chi connectivity index (χ0v) is 18.5. The lowest BCUT2D eigenvalue weighted by atomic mass is 9.93. The summed E-state index contributed by atoms with van der Waals surface area (Å²) in [5.41, 5.74) is 5.34. The monoisotopic (exact) mass is 414 g/mol. The summed E-state index contributed by atoms with van der Waals surface area (Å²) in [4.78, 5) is 49.0. The van der Waals surface area contributed by atoms with E-state index < -0.39 is 41.8 Å². The molecule has 0 heterocycles. The first-order valence-electron chi connectivity index (χ1n) is 10.4. The summed E-state index contributed by atoms with van der Waals surface area (Å²) in [5, 5.41) is 17.3. The fourth-order valence-electron chi connectivity index (χ4n) is 2.81. The zero-order valence-electron chi connectivity index (χ0n) is 18.5. The van der Waals surface area contributed by atoms with Crippen LogP contribution in [0.25, 0.3) is 0 Å². The number of nitrogens with two attached hydrogens (primary N) is 1. The largest absolute Gasteiger partial charge is 0.480 e. The van der Waals surface area contributed by atoms with E-state index in [0.29, 0.717) is 19.3 Å². The predicted octanol–water partition coefficient (Wildman–Crippen LogP) is 0.622. The summed E-state index contributed by atoms with van der Waals surface area (Å²) in [6.07, 6.45) is 1.82. The van der Waals surface area contributed by atoms with Gasteiger partial charge in [-0.25, -0.2) is 4.79 Å². The second kappa shape index (κ2) is 13.1. The maximum Gasteiger partial charge on any atom is 0.326 e. The van der Waals surface area contributed by atoms with Gasteiger partial charge in [0.1, 0.15) is 18.1 Å². The molecule has 0 aliphatic carbocycles. The number of nitrogens with one attached hydrogen (secondary N) is 3. The number of amides is 3. The molecule has 9 heteroatoms. The van der Waals surface area contributed by atoms with Crippen molar-refractivity contribution in [1.29, 1.82) is 0 Å². The van der Waals surface area contributed by atoms with Crippen LogP contribution in [0.4, 0.5) is 0 Å².